The third-order valence-corrected chi connectivity index (χ3v) is 4.08. The second kappa shape index (κ2) is 6.18. The number of aliphatic carboxylic acids is 1. The number of esters is 1. The van der Waals surface area contributed by atoms with Gasteiger partial charge in [0.1, 0.15) is 5.60 Å². The third-order valence-electron chi connectivity index (χ3n) is 4.08. The number of fused-ring (bicyclic) bond motifs is 1. The van der Waals surface area contributed by atoms with Crippen LogP contribution in [0.1, 0.15) is 32.8 Å². The normalized spacial score (nSPS) is 15.0. The van der Waals surface area contributed by atoms with Crippen LogP contribution in [-0.2, 0) is 19.9 Å². The van der Waals surface area contributed by atoms with Gasteiger partial charge in [-0.25, -0.2) is 0 Å². The third kappa shape index (κ3) is 3.11. The zero-order valence-electron chi connectivity index (χ0n) is 13.0. The van der Waals surface area contributed by atoms with Gasteiger partial charge in [-0.3, -0.25) is 9.59 Å². The molecule has 0 aliphatic heterocycles. The summed E-state index contributed by atoms with van der Waals surface area (Å²) in [7, 11) is 0. The van der Waals surface area contributed by atoms with E-state index in [1.165, 1.54) is 6.92 Å². The average molecular weight is 300 g/mol. The summed E-state index contributed by atoms with van der Waals surface area (Å²) in [6.07, 6.45) is 0.559. The van der Waals surface area contributed by atoms with Gasteiger partial charge < -0.3 is 9.84 Å². The summed E-state index contributed by atoms with van der Waals surface area (Å²) < 4.78 is 5.53. The van der Waals surface area contributed by atoms with Gasteiger partial charge in [-0.1, -0.05) is 43.3 Å². The zero-order chi connectivity index (χ0) is 16.3. The summed E-state index contributed by atoms with van der Waals surface area (Å²) >= 11 is 0. The lowest BCUT2D eigenvalue weighted by Gasteiger charge is -2.30. The van der Waals surface area contributed by atoms with E-state index >= 15 is 0 Å². The topological polar surface area (TPSA) is 63.6 Å². The molecule has 116 valence electrons. The Balaban J connectivity index is 2.35. The number of benzene rings is 2. The Morgan fingerprint density at radius 3 is 2.41 bits per heavy atom. The van der Waals surface area contributed by atoms with E-state index in [9.17, 15) is 9.59 Å². The van der Waals surface area contributed by atoms with Crippen LogP contribution in [0.15, 0.2) is 42.5 Å². The summed E-state index contributed by atoms with van der Waals surface area (Å²) in [5, 5.41) is 11.1. The fourth-order valence-corrected chi connectivity index (χ4v) is 2.26. The molecular weight excluding hydrogens is 280 g/mol. The largest absolute Gasteiger partial charge is 0.481 e. The minimum Gasteiger partial charge on any atom is -0.481 e. The lowest BCUT2D eigenvalue weighted by molar-refractivity contribution is -0.169. The predicted octanol–water partition coefficient (Wildman–Crippen LogP) is 3.73. The Morgan fingerprint density at radius 2 is 1.82 bits per heavy atom. The van der Waals surface area contributed by atoms with Gasteiger partial charge in [0, 0.05) is 0 Å². The van der Waals surface area contributed by atoms with E-state index in [1.54, 1.807) is 0 Å². The zero-order valence-corrected chi connectivity index (χ0v) is 13.0. The highest BCUT2D eigenvalue weighted by molar-refractivity contribution is 5.93. The molecule has 0 bridgehead atoms. The first kappa shape index (κ1) is 16.0. The molecule has 0 aromatic heterocycles. The number of rotatable bonds is 5. The molecule has 2 unspecified atom stereocenters. The van der Waals surface area contributed by atoms with Crippen molar-refractivity contribution in [1.82, 2.24) is 0 Å². The fraction of sp³-hybridized carbons (Fsp3) is 0.333. The van der Waals surface area contributed by atoms with Crippen molar-refractivity contribution >= 4 is 22.7 Å². The molecule has 0 saturated heterocycles. The van der Waals surface area contributed by atoms with Crippen LogP contribution in [0.4, 0.5) is 0 Å². The number of carboxylic acid groups (broad SMARTS) is 1. The molecular formula is C18H20O4. The number of hydrogen-bond donors (Lipinski definition) is 1. The van der Waals surface area contributed by atoms with Crippen molar-refractivity contribution in [3.8, 4) is 0 Å². The fourth-order valence-electron chi connectivity index (χ4n) is 2.26. The van der Waals surface area contributed by atoms with Gasteiger partial charge in [-0.2, -0.15) is 0 Å². The molecule has 22 heavy (non-hydrogen) atoms. The van der Waals surface area contributed by atoms with Crippen molar-refractivity contribution in [2.24, 2.45) is 5.92 Å². The first-order valence-corrected chi connectivity index (χ1v) is 7.32. The van der Waals surface area contributed by atoms with Crippen molar-refractivity contribution in [3.63, 3.8) is 0 Å². The summed E-state index contributed by atoms with van der Waals surface area (Å²) in [5.41, 5.74) is 0.0183. The molecule has 4 heteroatoms. The summed E-state index contributed by atoms with van der Waals surface area (Å²) in [6.45, 7) is 5.05. The Labute approximate surface area is 129 Å². The van der Waals surface area contributed by atoms with E-state index in [1.807, 2.05) is 56.3 Å². The first-order valence-electron chi connectivity index (χ1n) is 7.32. The van der Waals surface area contributed by atoms with Crippen LogP contribution in [0.2, 0.25) is 0 Å². The Hall–Kier alpha value is -2.36. The lowest BCUT2D eigenvalue weighted by atomic mass is 9.91. The maximum Gasteiger partial charge on any atom is 0.320 e. The van der Waals surface area contributed by atoms with Gasteiger partial charge in [0.25, 0.3) is 0 Å². The molecule has 4 nitrogen and oxygen atoms in total. The van der Waals surface area contributed by atoms with Gasteiger partial charge >= 0.3 is 11.9 Å². The van der Waals surface area contributed by atoms with Gasteiger partial charge in [0.2, 0.25) is 0 Å². The molecule has 0 amide bonds. The van der Waals surface area contributed by atoms with Gasteiger partial charge in [0.05, 0.1) is 0 Å². The smallest absolute Gasteiger partial charge is 0.320 e. The highest BCUT2D eigenvalue weighted by Gasteiger charge is 2.33. The summed E-state index contributed by atoms with van der Waals surface area (Å²) in [6, 6.07) is 13.8. The van der Waals surface area contributed by atoms with Crippen molar-refractivity contribution in [1.29, 1.82) is 0 Å². The second-order valence-corrected chi connectivity index (χ2v) is 5.63. The van der Waals surface area contributed by atoms with Crippen LogP contribution in [0.3, 0.4) is 0 Å². The van der Waals surface area contributed by atoms with E-state index in [4.69, 9.17) is 9.84 Å². The van der Waals surface area contributed by atoms with Crippen LogP contribution in [-0.4, -0.2) is 17.0 Å². The Bertz CT molecular complexity index is 707. The average Bonchev–Trinajstić information content (AvgIpc) is 2.53. The molecule has 0 aliphatic carbocycles. The van der Waals surface area contributed by atoms with E-state index in [0.29, 0.717) is 6.42 Å². The van der Waals surface area contributed by atoms with Crippen LogP contribution in [0.25, 0.3) is 10.8 Å². The SMILES string of the molecule is CCC(C)(OC(=O)C(C)C(=O)O)c1ccc2ccccc2c1. The van der Waals surface area contributed by atoms with Crippen LogP contribution >= 0.6 is 0 Å². The Morgan fingerprint density at radius 1 is 1.18 bits per heavy atom. The van der Waals surface area contributed by atoms with Crippen LogP contribution < -0.4 is 0 Å². The molecule has 1 N–H and O–H groups in total. The lowest BCUT2D eigenvalue weighted by Crippen LogP contribution is -2.33. The first-order chi connectivity index (χ1) is 10.4. The molecule has 2 atom stereocenters. The molecule has 0 radical (unpaired) electrons. The van der Waals surface area contributed by atoms with Crippen LogP contribution in [0, 0.1) is 5.92 Å². The quantitative estimate of drug-likeness (QED) is 0.675. The van der Waals surface area contributed by atoms with Crippen molar-refractivity contribution in [3.05, 3.63) is 48.0 Å². The van der Waals surface area contributed by atoms with Crippen LogP contribution in [0.5, 0.6) is 0 Å². The number of hydrogen-bond acceptors (Lipinski definition) is 3. The number of carbonyl (C=O) groups excluding carboxylic acids is 1. The minimum atomic E-state index is -1.18. The molecule has 2 aromatic carbocycles. The Kier molecular flexibility index (Phi) is 4.50. The maximum absolute atomic E-state index is 12.0. The molecule has 0 spiro atoms. The van der Waals surface area contributed by atoms with Crippen molar-refractivity contribution in [2.45, 2.75) is 32.8 Å². The minimum absolute atomic E-state index is 0.559. The predicted molar refractivity (Wildman–Crippen MR) is 84.5 cm³/mol. The van der Waals surface area contributed by atoms with E-state index < -0.39 is 23.5 Å². The molecule has 0 fully saturated rings. The van der Waals surface area contributed by atoms with Gasteiger partial charge in [-0.15, -0.1) is 0 Å². The number of carboxylic acids is 1. The van der Waals surface area contributed by atoms with E-state index in [0.717, 1.165) is 16.3 Å². The van der Waals surface area contributed by atoms with Crippen molar-refractivity contribution < 1.29 is 19.4 Å². The molecule has 0 saturated carbocycles. The van der Waals surface area contributed by atoms with E-state index in [-0.39, 0.29) is 0 Å². The highest BCUT2D eigenvalue weighted by atomic mass is 16.6. The monoisotopic (exact) mass is 300 g/mol. The molecule has 2 rings (SSSR count). The van der Waals surface area contributed by atoms with E-state index in [2.05, 4.69) is 0 Å². The van der Waals surface area contributed by atoms with Crippen molar-refractivity contribution in [2.75, 3.05) is 0 Å². The molecule has 0 heterocycles. The molecule has 0 aliphatic rings. The number of carbonyl (C=O) groups is 2. The highest BCUT2D eigenvalue weighted by Crippen LogP contribution is 2.32. The summed E-state index contributed by atoms with van der Waals surface area (Å²) in [4.78, 5) is 22.9. The summed E-state index contributed by atoms with van der Waals surface area (Å²) in [5.74, 6) is -3.07. The van der Waals surface area contributed by atoms with Gasteiger partial charge in [-0.05, 0) is 42.7 Å². The number of ether oxygens (including phenoxy) is 1. The standard InChI is InChI=1S/C18H20O4/c1-4-18(3,22-17(21)12(2)16(19)20)15-10-9-13-7-5-6-8-14(13)11-15/h5-12H,4H2,1-3H3,(H,19,20). The van der Waals surface area contributed by atoms with Gasteiger partial charge in [0.15, 0.2) is 5.92 Å². The maximum atomic E-state index is 12.0. The molecule has 2 aromatic rings. The second-order valence-electron chi connectivity index (χ2n) is 5.63.